The first-order valence-corrected chi connectivity index (χ1v) is 7.62. The molecule has 0 aromatic rings. The maximum atomic E-state index is 11.6. The molecule has 0 aromatic heterocycles. The third-order valence-corrected chi connectivity index (χ3v) is 4.96. The SMILES string of the molecule is CC(C(=O)NN)C(C)N1CCC(N2CCCCC2)C1. The van der Waals surface area contributed by atoms with Crippen LogP contribution in [0, 0.1) is 5.92 Å². The smallest absolute Gasteiger partial charge is 0.238 e. The van der Waals surface area contributed by atoms with E-state index in [1.807, 2.05) is 6.92 Å². The molecule has 3 unspecified atom stereocenters. The first kappa shape index (κ1) is 14.8. The molecule has 0 aliphatic carbocycles. The lowest BCUT2D eigenvalue weighted by molar-refractivity contribution is -0.126. The van der Waals surface area contributed by atoms with Crippen molar-refractivity contribution in [3.63, 3.8) is 0 Å². The second-order valence-electron chi connectivity index (χ2n) is 6.07. The van der Waals surface area contributed by atoms with Gasteiger partial charge in [0.05, 0.1) is 5.92 Å². The van der Waals surface area contributed by atoms with E-state index in [4.69, 9.17) is 5.84 Å². The summed E-state index contributed by atoms with van der Waals surface area (Å²) >= 11 is 0. The predicted octanol–water partition coefficient (Wildman–Crippen LogP) is 0.561. The summed E-state index contributed by atoms with van der Waals surface area (Å²) in [6.07, 6.45) is 5.31. The summed E-state index contributed by atoms with van der Waals surface area (Å²) in [6.45, 7) is 8.81. The zero-order valence-electron chi connectivity index (χ0n) is 12.3. The quantitative estimate of drug-likeness (QED) is 0.444. The number of carbonyl (C=O) groups excluding carboxylic acids is 1. The minimum Gasteiger partial charge on any atom is -0.299 e. The highest BCUT2D eigenvalue weighted by Crippen LogP contribution is 2.23. The monoisotopic (exact) mass is 268 g/mol. The van der Waals surface area contributed by atoms with Crippen LogP contribution in [0.3, 0.4) is 0 Å². The molecular weight excluding hydrogens is 240 g/mol. The highest BCUT2D eigenvalue weighted by Gasteiger charge is 2.33. The lowest BCUT2D eigenvalue weighted by Crippen LogP contribution is -2.47. The molecule has 0 bridgehead atoms. The number of hydrogen-bond donors (Lipinski definition) is 2. The van der Waals surface area contributed by atoms with Crippen molar-refractivity contribution in [1.82, 2.24) is 15.2 Å². The molecule has 2 rings (SSSR count). The molecule has 0 saturated carbocycles. The van der Waals surface area contributed by atoms with Gasteiger partial charge < -0.3 is 0 Å². The largest absolute Gasteiger partial charge is 0.299 e. The number of carbonyl (C=O) groups is 1. The fourth-order valence-corrected chi connectivity index (χ4v) is 3.39. The van der Waals surface area contributed by atoms with Crippen LogP contribution in [-0.2, 0) is 4.79 Å². The number of hydrogen-bond acceptors (Lipinski definition) is 4. The van der Waals surface area contributed by atoms with Crippen LogP contribution < -0.4 is 11.3 Å². The molecule has 2 fully saturated rings. The first-order chi connectivity index (χ1) is 9.13. The van der Waals surface area contributed by atoms with Gasteiger partial charge in [0.15, 0.2) is 0 Å². The van der Waals surface area contributed by atoms with Crippen LogP contribution in [0.1, 0.15) is 39.5 Å². The van der Waals surface area contributed by atoms with Crippen molar-refractivity contribution in [3.8, 4) is 0 Å². The molecule has 3 atom stereocenters. The Morgan fingerprint density at radius 1 is 1.21 bits per heavy atom. The van der Waals surface area contributed by atoms with Crippen LogP contribution in [0.5, 0.6) is 0 Å². The van der Waals surface area contributed by atoms with Gasteiger partial charge in [-0.25, -0.2) is 5.84 Å². The molecule has 0 aromatic carbocycles. The summed E-state index contributed by atoms with van der Waals surface area (Å²) in [5.74, 6) is 5.12. The molecule has 5 nitrogen and oxygen atoms in total. The van der Waals surface area contributed by atoms with Gasteiger partial charge in [-0.15, -0.1) is 0 Å². The number of rotatable bonds is 4. The van der Waals surface area contributed by atoms with Gasteiger partial charge in [0.1, 0.15) is 0 Å². The Bertz CT molecular complexity index is 304. The van der Waals surface area contributed by atoms with E-state index in [1.54, 1.807) is 0 Å². The summed E-state index contributed by atoms with van der Waals surface area (Å²) in [4.78, 5) is 16.7. The minimum atomic E-state index is -0.0612. The van der Waals surface area contributed by atoms with Gasteiger partial charge >= 0.3 is 0 Å². The summed E-state index contributed by atoms with van der Waals surface area (Å²) in [5.41, 5.74) is 2.27. The van der Waals surface area contributed by atoms with Gasteiger partial charge in [0.25, 0.3) is 0 Å². The maximum absolute atomic E-state index is 11.6. The Morgan fingerprint density at radius 2 is 1.89 bits per heavy atom. The second-order valence-corrected chi connectivity index (χ2v) is 6.07. The van der Waals surface area contributed by atoms with Gasteiger partial charge in [0, 0.05) is 25.2 Å². The normalized spacial score (nSPS) is 29.1. The number of nitrogens with two attached hydrogens (primary N) is 1. The van der Waals surface area contributed by atoms with Crippen LogP contribution in [0.2, 0.25) is 0 Å². The average molecular weight is 268 g/mol. The predicted molar refractivity (Wildman–Crippen MR) is 76.4 cm³/mol. The van der Waals surface area contributed by atoms with E-state index in [0.717, 1.165) is 13.1 Å². The lowest BCUT2D eigenvalue weighted by Gasteiger charge is -2.33. The van der Waals surface area contributed by atoms with E-state index >= 15 is 0 Å². The Balaban J connectivity index is 1.85. The molecule has 2 heterocycles. The summed E-state index contributed by atoms with van der Waals surface area (Å²) in [7, 11) is 0. The van der Waals surface area contributed by atoms with E-state index in [2.05, 4.69) is 22.1 Å². The number of likely N-dealkylation sites (tertiary alicyclic amines) is 2. The zero-order chi connectivity index (χ0) is 13.8. The molecule has 0 radical (unpaired) electrons. The molecule has 2 saturated heterocycles. The Morgan fingerprint density at radius 3 is 2.53 bits per heavy atom. The van der Waals surface area contributed by atoms with Crippen LogP contribution in [0.15, 0.2) is 0 Å². The van der Waals surface area contributed by atoms with E-state index < -0.39 is 0 Å². The lowest BCUT2D eigenvalue weighted by atomic mass is 10.0. The van der Waals surface area contributed by atoms with Crippen molar-refractivity contribution in [2.75, 3.05) is 26.2 Å². The van der Waals surface area contributed by atoms with Crippen LogP contribution in [0.4, 0.5) is 0 Å². The van der Waals surface area contributed by atoms with Gasteiger partial charge in [0.2, 0.25) is 5.91 Å². The first-order valence-electron chi connectivity index (χ1n) is 7.62. The van der Waals surface area contributed by atoms with Crippen molar-refractivity contribution >= 4 is 5.91 Å². The number of amides is 1. The molecule has 0 spiro atoms. The van der Waals surface area contributed by atoms with Crippen LogP contribution in [0.25, 0.3) is 0 Å². The minimum absolute atomic E-state index is 0.0508. The average Bonchev–Trinajstić information content (AvgIpc) is 2.95. The van der Waals surface area contributed by atoms with Crippen molar-refractivity contribution in [2.24, 2.45) is 11.8 Å². The number of nitrogens with one attached hydrogen (secondary N) is 1. The zero-order valence-corrected chi connectivity index (χ0v) is 12.3. The Hall–Kier alpha value is -0.650. The molecular formula is C14H28N4O. The Labute approximate surface area is 116 Å². The van der Waals surface area contributed by atoms with Crippen molar-refractivity contribution < 1.29 is 4.79 Å². The van der Waals surface area contributed by atoms with Gasteiger partial charge in [-0.2, -0.15) is 0 Å². The second kappa shape index (κ2) is 6.68. The molecule has 2 aliphatic heterocycles. The van der Waals surface area contributed by atoms with E-state index in [9.17, 15) is 4.79 Å². The Kier molecular flexibility index (Phi) is 5.19. The van der Waals surface area contributed by atoms with E-state index in [-0.39, 0.29) is 17.9 Å². The van der Waals surface area contributed by atoms with Crippen molar-refractivity contribution in [1.29, 1.82) is 0 Å². The highest BCUT2D eigenvalue weighted by atomic mass is 16.2. The summed E-state index contributed by atoms with van der Waals surface area (Å²) < 4.78 is 0. The molecule has 2 aliphatic rings. The van der Waals surface area contributed by atoms with E-state index in [0.29, 0.717) is 6.04 Å². The third-order valence-electron chi connectivity index (χ3n) is 4.96. The summed E-state index contributed by atoms with van der Waals surface area (Å²) in [5, 5.41) is 0. The topological polar surface area (TPSA) is 61.6 Å². The number of piperidine rings is 1. The number of hydrazine groups is 1. The maximum Gasteiger partial charge on any atom is 0.238 e. The fourth-order valence-electron chi connectivity index (χ4n) is 3.39. The van der Waals surface area contributed by atoms with Gasteiger partial charge in [-0.3, -0.25) is 20.0 Å². The van der Waals surface area contributed by atoms with Gasteiger partial charge in [-0.05, 0) is 39.3 Å². The van der Waals surface area contributed by atoms with E-state index in [1.165, 1.54) is 38.8 Å². The molecule has 5 heteroatoms. The summed E-state index contributed by atoms with van der Waals surface area (Å²) in [6, 6.07) is 0.953. The van der Waals surface area contributed by atoms with Crippen LogP contribution >= 0.6 is 0 Å². The highest BCUT2D eigenvalue weighted by molar-refractivity contribution is 5.78. The number of nitrogens with zero attached hydrogens (tertiary/aromatic N) is 2. The standard InChI is InChI=1S/C14H28N4O/c1-11(14(19)16-15)12(2)18-9-6-13(10-18)17-7-4-3-5-8-17/h11-13H,3-10,15H2,1-2H3,(H,16,19). The third kappa shape index (κ3) is 3.46. The van der Waals surface area contributed by atoms with Crippen molar-refractivity contribution in [2.45, 2.75) is 51.6 Å². The fraction of sp³-hybridized carbons (Fsp3) is 0.929. The molecule has 110 valence electrons. The van der Waals surface area contributed by atoms with Gasteiger partial charge in [-0.1, -0.05) is 13.3 Å². The van der Waals surface area contributed by atoms with Crippen molar-refractivity contribution in [3.05, 3.63) is 0 Å². The molecule has 3 N–H and O–H groups in total. The molecule has 19 heavy (non-hydrogen) atoms. The van der Waals surface area contributed by atoms with Crippen LogP contribution in [-0.4, -0.2) is 54.0 Å². The molecule has 1 amide bonds.